The maximum absolute atomic E-state index is 11.8. The summed E-state index contributed by atoms with van der Waals surface area (Å²) in [4.78, 5) is 30.5. The molecule has 6 nitrogen and oxygen atoms in total. The summed E-state index contributed by atoms with van der Waals surface area (Å²) < 4.78 is 0. The Hall–Kier alpha value is -3.95. The molecule has 0 saturated carbocycles. The van der Waals surface area contributed by atoms with Gasteiger partial charge in [-0.15, -0.1) is 0 Å². The van der Waals surface area contributed by atoms with Crippen LogP contribution in [0.2, 0.25) is 5.15 Å². The first-order valence-electron chi connectivity index (χ1n) is 9.19. The maximum atomic E-state index is 11.8. The first kappa shape index (κ1) is 18.1. The predicted molar refractivity (Wildman–Crippen MR) is 119 cm³/mol. The fraction of sp³-hybridized carbons (Fsp3) is 0.0435. The highest BCUT2D eigenvalue weighted by molar-refractivity contribution is 6.29. The Labute approximate surface area is 176 Å². The highest BCUT2D eigenvalue weighted by Crippen LogP contribution is 2.35. The third-order valence-electron chi connectivity index (χ3n) is 4.93. The van der Waals surface area contributed by atoms with E-state index < -0.39 is 0 Å². The molecule has 4 heterocycles. The second-order valence-corrected chi connectivity index (χ2v) is 7.42. The molecule has 30 heavy (non-hydrogen) atoms. The van der Waals surface area contributed by atoms with E-state index in [1.54, 1.807) is 18.2 Å². The minimum atomic E-state index is -0.213. The van der Waals surface area contributed by atoms with Gasteiger partial charge in [-0.3, -0.25) is 4.79 Å². The summed E-state index contributed by atoms with van der Waals surface area (Å²) in [5, 5.41) is 2.12. The fourth-order valence-electron chi connectivity index (χ4n) is 3.61. The van der Waals surface area contributed by atoms with Crippen LogP contribution in [0, 0.1) is 13.5 Å². The third kappa shape index (κ3) is 3.11. The fourth-order valence-corrected chi connectivity index (χ4v) is 3.86. The normalized spacial score (nSPS) is 11.1. The molecule has 1 aromatic carbocycles. The van der Waals surface area contributed by atoms with Gasteiger partial charge in [0.05, 0.1) is 18.0 Å². The van der Waals surface area contributed by atoms with Crippen molar-refractivity contribution in [3.63, 3.8) is 0 Å². The molecule has 0 amide bonds. The molecule has 7 heteroatoms. The molecule has 0 atom stereocenters. The van der Waals surface area contributed by atoms with Gasteiger partial charge in [0.15, 0.2) is 5.69 Å². The number of halogens is 1. The summed E-state index contributed by atoms with van der Waals surface area (Å²) in [7, 11) is 0. The molecule has 0 saturated heterocycles. The molecule has 0 fully saturated rings. The number of nitrogens with one attached hydrogen (secondary N) is 2. The first-order chi connectivity index (χ1) is 14.5. The lowest BCUT2D eigenvalue weighted by Gasteiger charge is -2.11. The standard InChI is InChI=1S/C23H14ClN5O/c1-12-7-14(11-20(24)26-12)17-9-13-3-6-21(30)28-23(13)29-22(17)19-10-15-8-16(25-2)4-5-18(15)27-19/h3-11,27H,1H3,(H,28,29,30). The van der Waals surface area contributed by atoms with Crippen LogP contribution in [0.3, 0.4) is 0 Å². The lowest BCUT2D eigenvalue weighted by atomic mass is 10.0. The second kappa shape index (κ2) is 6.83. The van der Waals surface area contributed by atoms with E-state index in [9.17, 15) is 4.79 Å². The number of nitrogens with zero attached hydrogens (tertiary/aromatic N) is 3. The van der Waals surface area contributed by atoms with Gasteiger partial charge in [0.1, 0.15) is 10.8 Å². The molecule has 0 radical (unpaired) electrons. The monoisotopic (exact) mass is 411 g/mol. The van der Waals surface area contributed by atoms with Crippen molar-refractivity contribution in [2.45, 2.75) is 6.92 Å². The Morgan fingerprint density at radius 1 is 0.967 bits per heavy atom. The van der Waals surface area contributed by atoms with Crippen molar-refractivity contribution in [1.82, 2.24) is 19.9 Å². The van der Waals surface area contributed by atoms with Crippen LogP contribution in [-0.2, 0) is 0 Å². The van der Waals surface area contributed by atoms with E-state index in [0.717, 1.165) is 38.8 Å². The van der Waals surface area contributed by atoms with Crippen LogP contribution >= 0.6 is 11.6 Å². The van der Waals surface area contributed by atoms with Crippen LogP contribution in [0.1, 0.15) is 5.69 Å². The Balaban J connectivity index is 1.83. The summed E-state index contributed by atoms with van der Waals surface area (Å²) in [6.45, 7) is 9.12. The Kier molecular flexibility index (Phi) is 4.12. The van der Waals surface area contributed by atoms with Crippen LogP contribution < -0.4 is 5.56 Å². The van der Waals surface area contributed by atoms with Crippen molar-refractivity contribution in [2.24, 2.45) is 0 Å². The summed E-state index contributed by atoms with van der Waals surface area (Å²) in [5.41, 5.74) is 5.74. The van der Waals surface area contributed by atoms with Gasteiger partial charge in [0.25, 0.3) is 0 Å². The number of fused-ring (bicyclic) bond motifs is 2. The molecule has 0 bridgehead atoms. The quantitative estimate of drug-likeness (QED) is 0.291. The van der Waals surface area contributed by atoms with Crippen LogP contribution in [0.15, 0.2) is 59.4 Å². The van der Waals surface area contributed by atoms with Crippen LogP contribution in [-0.4, -0.2) is 19.9 Å². The van der Waals surface area contributed by atoms with Gasteiger partial charge in [-0.2, -0.15) is 0 Å². The minimum Gasteiger partial charge on any atom is -0.353 e. The molecular formula is C23H14ClN5O. The molecule has 0 aliphatic carbocycles. The summed E-state index contributed by atoms with van der Waals surface area (Å²) in [5.74, 6) is 0. The average Bonchev–Trinajstić information content (AvgIpc) is 3.15. The van der Waals surface area contributed by atoms with Gasteiger partial charge in [0, 0.05) is 28.2 Å². The number of aromatic amines is 2. The van der Waals surface area contributed by atoms with Gasteiger partial charge < -0.3 is 9.97 Å². The third-order valence-corrected chi connectivity index (χ3v) is 5.12. The molecule has 0 unspecified atom stereocenters. The summed E-state index contributed by atoms with van der Waals surface area (Å²) in [6.07, 6.45) is 0. The molecular weight excluding hydrogens is 398 g/mol. The SMILES string of the molecule is [C-]#[N+]c1ccc2[nH]c(-c3nc4[nH]c(=O)ccc4cc3-c3cc(C)nc(Cl)c3)cc2c1. The van der Waals surface area contributed by atoms with Crippen molar-refractivity contribution in [1.29, 1.82) is 0 Å². The van der Waals surface area contributed by atoms with Crippen molar-refractivity contribution in [3.8, 4) is 22.5 Å². The van der Waals surface area contributed by atoms with Gasteiger partial charge in [0.2, 0.25) is 5.56 Å². The topological polar surface area (TPSA) is 78.8 Å². The number of H-pyrrole nitrogens is 2. The summed E-state index contributed by atoms with van der Waals surface area (Å²) in [6, 6.07) is 16.4. The van der Waals surface area contributed by atoms with Crippen molar-refractivity contribution >= 4 is 39.2 Å². The first-order valence-corrected chi connectivity index (χ1v) is 9.57. The minimum absolute atomic E-state index is 0.213. The summed E-state index contributed by atoms with van der Waals surface area (Å²) >= 11 is 6.22. The number of benzene rings is 1. The molecule has 2 N–H and O–H groups in total. The maximum Gasteiger partial charge on any atom is 0.249 e. The van der Waals surface area contributed by atoms with Gasteiger partial charge in [-0.25, -0.2) is 14.8 Å². The van der Waals surface area contributed by atoms with E-state index in [2.05, 4.69) is 19.8 Å². The molecule has 4 aromatic heterocycles. The predicted octanol–water partition coefficient (Wildman–Crippen LogP) is 5.65. The van der Waals surface area contributed by atoms with Gasteiger partial charge in [-0.05, 0) is 60.3 Å². The zero-order valence-electron chi connectivity index (χ0n) is 15.8. The number of rotatable bonds is 2. The number of hydrogen-bond donors (Lipinski definition) is 2. The van der Waals surface area contributed by atoms with Crippen LogP contribution in [0.25, 0.3) is 49.3 Å². The van der Waals surface area contributed by atoms with Crippen LogP contribution in [0.5, 0.6) is 0 Å². The molecule has 144 valence electrons. The smallest absolute Gasteiger partial charge is 0.249 e. The van der Waals surface area contributed by atoms with E-state index in [1.165, 1.54) is 6.07 Å². The second-order valence-electron chi connectivity index (χ2n) is 7.03. The molecule has 5 rings (SSSR count). The average molecular weight is 412 g/mol. The highest BCUT2D eigenvalue weighted by Gasteiger charge is 2.15. The molecule has 5 aromatic rings. The Morgan fingerprint density at radius 3 is 2.63 bits per heavy atom. The van der Waals surface area contributed by atoms with Crippen LogP contribution in [0.4, 0.5) is 5.69 Å². The molecule has 0 aliphatic heterocycles. The van der Waals surface area contributed by atoms with E-state index >= 15 is 0 Å². The number of pyridine rings is 3. The zero-order valence-corrected chi connectivity index (χ0v) is 16.6. The van der Waals surface area contributed by atoms with Crippen molar-refractivity contribution in [2.75, 3.05) is 0 Å². The molecule has 0 spiro atoms. The van der Waals surface area contributed by atoms with E-state index in [-0.39, 0.29) is 5.56 Å². The number of aryl methyl sites for hydroxylation is 1. The lowest BCUT2D eigenvalue weighted by molar-refractivity contribution is 1.20. The Morgan fingerprint density at radius 2 is 1.83 bits per heavy atom. The Bertz CT molecular complexity index is 1540. The van der Waals surface area contributed by atoms with Crippen molar-refractivity contribution in [3.05, 3.63) is 87.2 Å². The van der Waals surface area contributed by atoms with Gasteiger partial charge >= 0.3 is 0 Å². The number of aromatic nitrogens is 4. The number of hydrogen-bond acceptors (Lipinski definition) is 3. The van der Waals surface area contributed by atoms with E-state index in [0.29, 0.717) is 22.2 Å². The zero-order chi connectivity index (χ0) is 20.8. The van der Waals surface area contributed by atoms with Crippen molar-refractivity contribution < 1.29 is 0 Å². The molecule has 0 aliphatic rings. The van der Waals surface area contributed by atoms with E-state index in [4.69, 9.17) is 23.2 Å². The van der Waals surface area contributed by atoms with E-state index in [1.807, 2.05) is 37.3 Å². The van der Waals surface area contributed by atoms with Gasteiger partial charge in [-0.1, -0.05) is 17.7 Å². The largest absolute Gasteiger partial charge is 0.353 e. The highest BCUT2D eigenvalue weighted by atomic mass is 35.5. The lowest BCUT2D eigenvalue weighted by Crippen LogP contribution is -2.04.